The van der Waals surface area contributed by atoms with Crippen molar-refractivity contribution >= 4 is 0 Å². The van der Waals surface area contributed by atoms with Gasteiger partial charge in [0, 0.05) is 5.56 Å². The van der Waals surface area contributed by atoms with Crippen molar-refractivity contribution in [1.29, 1.82) is 0 Å². The molecule has 0 bridgehead atoms. The maximum absolute atomic E-state index is 14.1. The number of hydrogen-bond donors (Lipinski definition) is 1. The summed E-state index contributed by atoms with van der Waals surface area (Å²) >= 11 is 0. The minimum absolute atomic E-state index is 0.126. The van der Waals surface area contributed by atoms with Gasteiger partial charge in [0.25, 0.3) is 5.92 Å². The summed E-state index contributed by atoms with van der Waals surface area (Å²) in [4.78, 5) is 0. The summed E-state index contributed by atoms with van der Waals surface area (Å²) in [6.07, 6.45) is 1.39. The van der Waals surface area contributed by atoms with E-state index in [0.29, 0.717) is 18.9 Å². The van der Waals surface area contributed by atoms with Gasteiger partial charge in [-0.05, 0) is 30.9 Å². The van der Waals surface area contributed by atoms with Gasteiger partial charge >= 0.3 is 0 Å². The first-order valence-electron chi connectivity index (χ1n) is 6.23. The molecular weight excluding hydrogens is 220 g/mol. The van der Waals surface area contributed by atoms with E-state index in [4.69, 9.17) is 0 Å². The van der Waals surface area contributed by atoms with Crippen LogP contribution in [0.3, 0.4) is 0 Å². The largest absolute Gasteiger partial charge is 0.308 e. The van der Waals surface area contributed by atoms with Gasteiger partial charge < -0.3 is 5.32 Å². The maximum Gasteiger partial charge on any atom is 0.288 e. The smallest absolute Gasteiger partial charge is 0.288 e. The fourth-order valence-corrected chi connectivity index (χ4v) is 2.29. The monoisotopic (exact) mass is 239 g/mol. The number of halogens is 2. The second-order valence-corrected chi connectivity index (χ2v) is 5.05. The van der Waals surface area contributed by atoms with E-state index in [-0.39, 0.29) is 5.56 Å². The Morgan fingerprint density at radius 1 is 1.24 bits per heavy atom. The van der Waals surface area contributed by atoms with Crippen molar-refractivity contribution in [2.24, 2.45) is 0 Å². The molecule has 1 heterocycles. The second kappa shape index (κ2) is 4.73. The highest BCUT2D eigenvalue weighted by Crippen LogP contribution is 2.35. The summed E-state index contributed by atoms with van der Waals surface area (Å²) in [5.74, 6) is -2.38. The van der Waals surface area contributed by atoms with Crippen molar-refractivity contribution in [3.8, 4) is 0 Å². The van der Waals surface area contributed by atoms with Gasteiger partial charge in [-0.3, -0.25) is 0 Å². The normalized spacial score (nSPS) is 21.1. The SMILES string of the molecule is CC(C)c1ccc(C(F)(F)C2CCCN2)cc1. The van der Waals surface area contributed by atoms with E-state index in [9.17, 15) is 8.78 Å². The van der Waals surface area contributed by atoms with E-state index >= 15 is 0 Å². The van der Waals surface area contributed by atoms with Crippen LogP contribution in [0.15, 0.2) is 24.3 Å². The lowest BCUT2D eigenvalue weighted by Crippen LogP contribution is -2.38. The quantitative estimate of drug-likeness (QED) is 0.849. The molecule has 1 saturated heterocycles. The number of alkyl halides is 2. The lowest BCUT2D eigenvalue weighted by molar-refractivity contribution is -0.0376. The number of rotatable bonds is 3. The number of hydrogen-bond acceptors (Lipinski definition) is 1. The van der Waals surface area contributed by atoms with Crippen molar-refractivity contribution in [1.82, 2.24) is 5.32 Å². The van der Waals surface area contributed by atoms with E-state index in [2.05, 4.69) is 19.2 Å². The Kier molecular flexibility index (Phi) is 3.48. The summed E-state index contributed by atoms with van der Waals surface area (Å²) in [5, 5.41) is 2.88. The van der Waals surface area contributed by atoms with E-state index < -0.39 is 12.0 Å². The van der Waals surface area contributed by atoms with Crippen molar-refractivity contribution < 1.29 is 8.78 Å². The van der Waals surface area contributed by atoms with Crippen LogP contribution in [0.4, 0.5) is 8.78 Å². The van der Waals surface area contributed by atoms with Gasteiger partial charge in [-0.25, -0.2) is 0 Å². The van der Waals surface area contributed by atoms with Gasteiger partial charge in [0.05, 0.1) is 6.04 Å². The van der Waals surface area contributed by atoms with Crippen LogP contribution in [0.5, 0.6) is 0 Å². The molecule has 1 aromatic rings. The molecular formula is C14H19F2N. The molecule has 0 spiro atoms. The molecule has 1 nitrogen and oxygen atoms in total. The molecule has 1 aliphatic rings. The van der Waals surface area contributed by atoms with E-state index in [1.807, 2.05) is 12.1 Å². The van der Waals surface area contributed by atoms with E-state index in [0.717, 1.165) is 12.0 Å². The first-order valence-corrected chi connectivity index (χ1v) is 6.23. The highest BCUT2D eigenvalue weighted by atomic mass is 19.3. The van der Waals surface area contributed by atoms with Crippen LogP contribution in [-0.2, 0) is 5.92 Å². The van der Waals surface area contributed by atoms with Gasteiger partial charge in [-0.1, -0.05) is 38.1 Å². The standard InChI is InChI=1S/C14H19F2N/c1-10(2)11-5-7-12(8-6-11)14(15,16)13-4-3-9-17-13/h5-8,10,13,17H,3-4,9H2,1-2H3. The molecule has 1 fully saturated rings. The summed E-state index contributed by atoms with van der Waals surface area (Å²) < 4.78 is 28.3. The first kappa shape index (κ1) is 12.5. The zero-order valence-electron chi connectivity index (χ0n) is 10.3. The zero-order chi connectivity index (χ0) is 12.5. The van der Waals surface area contributed by atoms with Gasteiger partial charge in [-0.15, -0.1) is 0 Å². The molecule has 1 unspecified atom stereocenters. The number of benzene rings is 1. The highest BCUT2D eigenvalue weighted by molar-refractivity contribution is 5.28. The highest BCUT2D eigenvalue weighted by Gasteiger charge is 2.42. The summed E-state index contributed by atoms with van der Waals surface area (Å²) in [7, 11) is 0. The Labute approximate surface area is 101 Å². The van der Waals surface area contributed by atoms with Gasteiger partial charge in [0.1, 0.15) is 0 Å². The molecule has 1 aliphatic heterocycles. The molecule has 1 atom stereocenters. The van der Waals surface area contributed by atoms with Crippen molar-refractivity contribution in [2.75, 3.05) is 6.54 Å². The van der Waals surface area contributed by atoms with Crippen LogP contribution >= 0.6 is 0 Å². The van der Waals surface area contributed by atoms with Crippen molar-refractivity contribution in [3.63, 3.8) is 0 Å². The average Bonchev–Trinajstić information content (AvgIpc) is 2.83. The Morgan fingerprint density at radius 3 is 2.35 bits per heavy atom. The molecule has 1 aromatic carbocycles. The third kappa shape index (κ3) is 2.49. The predicted molar refractivity (Wildman–Crippen MR) is 65.4 cm³/mol. The van der Waals surface area contributed by atoms with Crippen LogP contribution in [-0.4, -0.2) is 12.6 Å². The molecule has 0 radical (unpaired) electrons. The van der Waals surface area contributed by atoms with Crippen LogP contribution < -0.4 is 5.32 Å². The lowest BCUT2D eigenvalue weighted by Gasteiger charge is -2.24. The van der Waals surface area contributed by atoms with Crippen LogP contribution in [0.2, 0.25) is 0 Å². The molecule has 3 heteroatoms. The van der Waals surface area contributed by atoms with E-state index in [1.54, 1.807) is 12.1 Å². The molecule has 1 N–H and O–H groups in total. The lowest BCUT2D eigenvalue weighted by atomic mass is 9.96. The Morgan fingerprint density at radius 2 is 1.88 bits per heavy atom. The van der Waals surface area contributed by atoms with Crippen LogP contribution in [0.25, 0.3) is 0 Å². The fourth-order valence-electron chi connectivity index (χ4n) is 2.29. The predicted octanol–water partition coefficient (Wildman–Crippen LogP) is 3.65. The molecule has 0 amide bonds. The summed E-state index contributed by atoms with van der Waals surface area (Å²) in [6.45, 7) is 4.82. The van der Waals surface area contributed by atoms with Crippen LogP contribution in [0.1, 0.15) is 43.7 Å². The number of nitrogens with one attached hydrogen (secondary N) is 1. The summed E-state index contributed by atoms with van der Waals surface area (Å²) in [6, 6.07) is 6.04. The van der Waals surface area contributed by atoms with Crippen molar-refractivity contribution in [2.45, 2.75) is 44.6 Å². The molecule has 17 heavy (non-hydrogen) atoms. The van der Waals surface area contributed by atoms with Gasteiger partial charge in [0.2, 0.25) is 0 Å². The molecule has 0 aliphatic carbocycles. The van der Waals surface area contributed by atoms with Gasteiger partial charge in [0.15, 0.2) is 0 Å². The van der Waals surface area contributed by atoms with E-state index in [1.165, 1.54) is 0 Å². The fraction of sp³-hybridized carbons (Fsp3) is 0.571. The van der Waals surface area contributed by atoms with Crippen LogP contribution in [0, 0.1) is 0 Å². The average molecular weight is 239 g/mol. The molecule has 94 valence electrons. The summed E-state index contributed by atoms with van der Waals surface area (Å²) in [5.41, 5.74) is 1.23. The Hall–Kier alpha value is -0.960. The third-order valence-corrected chi connectivity index (χ3v) is 3.46. The molecule has 2 rings (SSSR count). The maximum atomic E-state index is 14.1. The minimum atomic E-state index is -2.76. The molecule has 0 saturated carbocycles. The molecule has 0 aromatic heterocycles. The minimum Gasteiger partial charge on any atom is -0.308 e. The Bertz CT molecular complexity index is 364. The second-order valence-electron chi connectivity index (χ2n) is 5.05. The topological polar surface area (TPSA) is 12.0 Å². The Balaban J connectivity index is 2.20. The third-order valence-electron chi connectivity index (χ3n) is 3.46. The van der Waals surface area contributed by atoms with Crippen molar-refractivity contribution in [3.05, 3.63) is 35.4 Å². The first-order chi connectivity index (χ1) is 8.01. The zero-order valence-corrected chi connectivity index (χ0v) is 10.3. The van der Waals surface area contributed by atoms with Gasteiger partial charge in [-0.2, -0.15) is 8.78 Å².